The molecular weight excluding hydrogens is 350 g/mol. The highest BCUT2D eigenvalue weighted by Gasteiger charge is 2.63. The minimum atomic E-state index is 0.318. The number of allylic oxidation sites excluding steroid dienone is 2. The summed E-state index contributed by atoms with van der Waals surface area (Å²) in [5.41, 5.74) is 8.12. The lowest BCUT2D eigenvalue weighted by atomic mass is 9.40. The third kappa shape index (κ3) is 3.28. The van der Waals surface area contributed by atoms with Crippen molar-refractivity contribution in [2.24, 2.45) is 57.5 Å². The van der Waals surface area contributed by atoms with E-state index in [0.29, 0.717) is 22.3 Å². The Hall–Kier alpha value is -0.300. The second kappa shape index (κ2) is 7.68. The molecule has 9 atom stereocenters. The normalized spacial score (nSPS) is 50.0. The fraction of sp³-hybridized carbons (Fsp3) is 0.929. The molecular formula is C28H49N. The van der Waals surface area contributed by atoms with Crippen molar-refractivity contribution >= 4 is 0 Å². The van der Waals surface area contributed by atoms with Crippen LogP contribution in [0.2, 0.25) is 0 Å². The molecule has 4 saturated carbocycles. The van der Waals surface area contributed by atoms with Crippen LogP contribution in [-0.4, -0.2) is 6.04 Å². The third-order valence-corrected chi connectivity index (χ3v) is 11.5. The second-order valence-corrected chi connectivity index (χ2v) is 12.8. The average Bonchev–Trinajstić information content (AvgIpc) is 3.02. The lowest BCUT2D eigenvalue weighted by molar-refractivity contribution is -0.152. The Morgan fingerprint density at radius 3 is 2.31 bits per heavy atom. The number of hydrogen-bond donors (Lipinski definition) is 1. The van der Waals surface area contributed by atoms with Crippen molar-refractivity contribution in [3.05, 3.63) is 12.2 Å². The van der Waals surface area contributed by atoms with E-state index in [1.807, 2.05) is 0 Å². The largest absolute Gasteiger partial charge is 0.327 e. The minimum Gasteiger partial charge on any atom is -0.327 e. The number of hydrogen-bond acceptors (Lipinski definition) is 1. The summed E-state index contributed by atoms with van der Waals surface area (Å²) in [5.74, 6) is 5.63. The lowest BCUT2D eigenvalue weighted by Crippen LogP contribution is -2.60. The molecule has 0 aromatic carbocycles. The molecule has 4 aliphatic carbocycles. The first-order valence-electron chi connectivity index (χ1n) is 13.0. The van der Waals surface area contributed by atoms with E-state index in [1.54, 1.807) is 0 Å². The molecule has 2 N–H and O–H groups in total. The van der Waals surface area contributed by atoms with Gasteiger partial charge in [-0.25, -0.2) is 0 Å². The van der Waals surface area contributed by atoms with Crippen LogP contribution in [0.15, 0.2) is 12.2 Å². The standard InChI is InChI=1S/C28H49N/c1-7-8-9-10-19(2)21-12-13-22-20-11-14-24-26(3,4)25(29)16-18-28(24,6)23(20)15-17-27(21,22)5/h7-8,19-25H,9-18,29H2,1-6H3/b8-7-. The molecule has 0 heterocycles. The van der Waals surface area contributed by atoms with Crippen molar-refractivity contribution in [3.8, 4) is 0 Å². The molecule has 9 unspecified atom stereocenters. The van der Waals surface area contributed by atoms with Crippen molar-refractivity contribution in [3.63, 3.8) is 0 Å². The van der Waals surface area contributed by atoms with Crippen molar-refractivity contribution in [2.45, 2.75) is 112 Å². The molecule has 4 fully saturated rings. The van der Waals surface area contributed by atoms with Gasteiger partial charge in [-0.15, -0.1) is 0 Å². The van der Waals surface area contributed by atoms with Gasteiger partial charge in [-0.3, -0.25) is 0 Å². The smallest absolute Gasteiger partial charge is 0.00933 e. The van der Waals surface area contributed by atoms with Gasteiger partial charge in [-0.05, 0) is 123 Å². The van der Waals surface area contributed by atoms with Gasteiger partial charge >= 0.3 is 0 Å². The molecule has 1 nitrogen and oxygen atoms in total. The SMILES string of the molecule is C/C=C\CCC(C)C1CCC2C3CCC4C(C)(C)C(N)CCC4(C)C3CCC12C. The molecule has 0 aliphatic heterocycles. The van der Waals surface area contributed by atoms with Gasteiger partial charge in [0.15, 0.2) is 0 Å². The third-order valence-electron chi connectivity index (χ3n) is 11.5. The van der Waals surface area contributed by atoms with E-state index >= 15 is 0 Å². The minimum absolute atomic E-state index is 0.318. The van der Waals surface area contributed by atoms with E-state index in [1.165, 1.54) is 64.2 Å². The van der Waals surface area contributed by atoms with Crippen molar-refractivity contribution in [1.29, 1.82) is 0 Å². The fourth-order valence-corrected chi connectivity index (χ4v) is 9.84. The van der Waals surface area contributed by atoms with Crippen LogP contribution < -0.4 is 5.73 Å². The molecule has 4 aliphatic rings. The monoisotopic (exact) mass is 399 g/mol. The molecule has 0 bridgehead atoms. The second-order valence-electron chi connectivity index (χ2n) is 12.8. The van der Waals surface area contributed by atoms with Crippen LogP contribution in [0.4, 0.5) is 0 Å². The van der Waals surface area contributed by atoms with E-state index in [2.05, 4.69) is 53.7 Å². The van der Waals surface area contributed by atoms with Gasteiger partial charge in [0, 0.05) is 6.04 Å². The zero-order valence-electron chi connectivity index (χ0n) is 20.3. The van der Waals surface area contributed by atoms with Crippen LogP contribution in [-0.2, 0) is 0 Å². The Kier molecular flexibility index (Phi) is 5.81. The van der Waals surface area contributed by atoms with E-state index in [0.717, 1.165) is 35.5 Å². The van der Waals surface area contributed by atoms with Crippen LogP contribution in [0, 0.1) is 51.8 Å². The van der Waals surface area contributed by atoms with Crippen molar-refractivity contribution in [1.82, 2.24) is 0 Å². The summed E-state index contributed by atoms with van der Waals surface area (Å²) in [5, 5.41) is 0. The quantitative estimate of drug-likeness (QED) is 0.484. The first-order chi connectivity index (χ1) is 13.7. The summed E-state index contributed by atoms with van der Waals surface area (Å²) in [4.78, 5) is 0. The van der Waals surface area contributed by atoms with E-state index in [-0.39, 0.29) is 0 Å². The van der Waals surface area contributed by atoms with Crippen LogP contribution in [0.25, 0.3) is 0 Å². The van der Waals surface area contributed by atoms with Crippen LogP contribution in [0.5, 0.6) is 0 Å². The van der Waals surface area contributed by atoms with Gasteiger partial charge in [0.25, 0.3) is 0 Å². The Bertz CT molecular complexity index is 620. The fourth-order valence-electron chi connectivity index (χ4n) is 9.84. The maximum absolute atomic E-state index is 6.65. The van der Waals surface area contributed by atoms with Crippen LogP contribution in [0.1, 0.15) is 106 Å². The van der Waals surface area contributed by atoms with Crippen LogP contribution >= 0.6 is 0 Å². The summed E-state index contributed by atoms with van der Waals surface area (Å²) in [6.45, 7) is 15.1. The van der Waals surface area contributed by atoms with E-state index in [9.17, 15) is 0 Å². The Morgan fingerprint density at radius 2 is 1.59 bits per heavy atom. The number of rotatable bonds is 4. The average molecular weight is 400 g/mol. The molecule has 4 rings (SSSR count). The summed E-state index contributed by atoms with van der Waals surface area (Å²) >= 11 is 0. The van der Waals surface area contributed by atoms with Gasteiger partial charge in [0.2, 0.25) is 0 Å². The molecule has 0 spiro atoms. The summed E-state index contributed by atoms with van der Waals surface area (Å²) in [6, 6.07) is 0.403. The van der Waals surface area contributed by atoms with Gasteiger partial charge in [-0.1, -0.05) is 46.8 Å². The number of fused-ring (bicyclic) bond motifs is 5. The highest BCUT2D eigenvalue weighted by molar-refractivity contribution is 5.12. The molecule has 0 saturated heterocycles. The molecule has 1 heteroatoms. The first kappa shape index (κ1) is 21.9. The Morgan fingerprint density at radius 1 is 0.897 bits per heavy atom. The molecule has 166 valence electrons. The molecule has 0 aromatic rings. The Labute approximate surface area is 181 Å². The first-order valence-corrected chi connectivity index (χ1v) is 13.0. The van der Waals surface area contributed by atoms with Gasteiger partial charge in [0.05, 0.1) is 0 Å². The maximum Gasteiger partial charge on any atom is 0.00933 e. The predicted molar refractivity (Wildman–Crippen MR) is 126 cm³/mol. The molecule has 0 radical (unpaired) electrons. The predicted octanol–water partition coefficient (Wildman–Crippen LogP) is 7.60. The van der Waals surface area contributed by atoms with E-state index in [4.69, 9.17) is 5.73 Å². The van der Waals surface area contributed by atoms with Crippen molar-refractivity contribution < 1.29 is 0 Å². The maximum atomic E-state index is 6.65. The summed E-state index contributed by atoms with van der Waals surface area (Å²) in [7, 11) is 0. The number of nitrogens with two attached hydrogens (primary N) is 1. The molecule has 29 heavy (non-hydrogen) atoms. The topological polar surface area (TPSA) is 26.0 Å². The zero-order chi connectivity index (χ0) is 21.0. The zero-order valence-corrected chi connectivity index (χ0v) is 20.3. The van der Waals surface area contributed by atoms with Gasteiger partial charge < -0.3 is 5.73 Å². The van der Waals surface area contributed by atoms with Crippen LogP contribution in [0.3, 0.4) is 0 Å². The van der Waals surface area contributed by atoms with Gasteiger partial charge in [0.1, 0.15) is 0 Å². The highest BCUT2D eigenvalue weighted by atomic mass is 14.8. The summed E-state index contributed by atoms with van der Waals surface area (Å²) in [6.07, 6.45) is 18.8. The highest BCUT2D eigenvalue weighted by Crippen LogP contribution is 2.70. The lowest BCUT2D eigenvalue weighted by Gasteiger charge is -2.65. The molecule has 0 amide bonds. The Balaban J connectivity index is 1.54. The van der Waals surface area contributed by atoms with Crippen molar-refractivity contribution in [2.75, 3.05) is 0 Å². The summed E-state index contributed by atoms with van der Waals surface area (Å²) < 4.78 is 0. The molecule has 0 aromatic heterocycles. The van der Waals surface area contributed by atoms with E-state index < -0.39 is 0 Å². The van der Waals surface area contributed by atoms with Gasteiger partial charge in [-0.2, -0.15) is 0 Å².